The van der Waals surface area contributed by atoms with Gasteiger partial charge in [-0.2, -0.15) is 0 Å². The normalized spacial score (nSPS) is 27.6. The molecule has 4 bridgehead atoms. The molecule has 1 aromatic heterocycles. The number of ether oxygens (including phenoxy) is 4. The number of hydrogen-bond acceptors (Lipinski definition) is 8. The third-order valence-electron chi connectivity index (χ3n) is 9.33. The number of carbonyl (C=O) groups excluding carboxylic acids is 3. The third kappa shape index (κ3) is 6.47. The second-order valence-electron chi connectivity index (χ2n) is 12.2. The summed E-state index contributed by atoms with van der Waals surface area (Å²) in [4.78, 5) is 48.8. The van der Waals surface area contributed by atoms with Crippen LogP contribution in [-0.4, -0.2) is 97.4 Å². The van der Waals surface area contributed by atoms with E-state index in [-0.39, 0.29) is 36.9 Å². The van der Waals surface area contributed by atoms with Gasteiger partial charge in [-0.05, 0) is 56.2 Å². The molecule has 3 amide bonds. The Morgan fingerprint density at radius 3 is 2.68 bits per heavy atom. The number of esters is 1. The monoisotopic (exact) mass is 606 g/mol. The van der Waals surface area contributed by atoms with Crippen LogP contribution in [0.5, 0.6) is 11.6 Å². The highest BCUT2D eigenvalue weighted by Crippen LogP contribution is 2.33. The number of benzene rings is 1. The Morgan fingerprint density at radius 1 is 1.05 bits per heavy atom. The predicted molar refractivity (Wildman–Crippen MR) is 163 cm³/mol. The number of aromatic nitrogens is 1. The van der Waals surface area contributed by atoms with Gasteiger partial charge in [-0.15, -0.1) is 0 Å². The standard InChI is InChI=1S/C33H42N4O7/c1-41-24-12-11-22-16-23-10-4-3-7-15-43-25-13-14-36(19-25)33(40)35-29(21-8-5-6-9-21)31(38)37-20-26(18-28(37)32(39)42-2)44-30(23)34-27(22)17-24/h4,10-12,16-17,21,25-26,28-29H,3,5-9,13-15,18-20H2,1-2H3,(H,35,40)/b10-4+/t25-,26+,28-,29-/m0/s1. The molecule has 1 aliphatic carbocycles. The van der Waals surface area contributed by atoms with E-state index in [0.29, 0.717) is 36.8 Å². The first kappa shape index (κ1) is 30.2. The van der Waals surface area contributed by atoms with Gasteiger partial charge >= 0.3 is 12.0 Å². The number of allylic oxidation sites excluding steroid dienone is 1. The summed E-state index contributed by atoms with van der Waals surface area (Å²) in [5.41, 5.74) is 1.52. The third-order valence-corrected chi connectivity index (χ3v) is 9.33. The van der Waals surface area contributed by atoms with E-state index in [1.807, 2.05) is 30.3 Å². The number of nitrogens with one attached hydrogen (secondary N) is 1. The number of carbonyl (C=O) groups is 3. The molecule has 0 spiro atoms. The van der Waals surface area contributed by atoms with E-state index in [0.717, 1.165) is 55.9 Å². The van der Waals surface area contributed by atoms with Crippen LogP contribution in [0, 0.1) is 5.92 Å². The zero-order valence-corrected chi connectivity index (χ0v) is 25.5. The van der Waals surface area contributed by atoms with E-state index in [4.69, 9.17) is 23.9 Å². The number of nitrogens with zero attached hydrogens (tertiary/aromatic N) is 3. The van der Waals surface area contributed by atoms with E-state index in [1.165, 1.54) is 7.11 Å². The highest BCUT2D eigenvalue weighted by molar-refractivity contribution is 5.91. The van der Waals surface area contributed by atoms with E-state index in [1.54, 1.807) is 16.9 Å². The summed E-state index contributed by atoms with van der Waals surface area (Å²) in [5, 5.41) is 4.01. The Kier molecular flexibility index (Phi) is 9.20. The molecule has 4 heterocycles. The molecule has 4 aliphatic rings. The molecule has 0 unspecified atom stereocenters. The highest BCUT2D eigenvalue weighted by Gasteiger charge is 2.46. The fourth-order valence-electron chi connectivity index (χ4n) is 6.92. The summed E-state index contributed by atoms with van der Waals surface area (Å²) >= 11 is 0. The highest BCUT2D eigenvalue weighted by atomic mass is 16.5. The maximum Gasteiger partial charge on any atom is 0.328 e. The molecule has 1 N–H and O–H groups in total. The van der Waals surface area contributed by atoms with Gasteiger partial charge in [0.1, 0.15) is 23.9 Å². The van der Waals surface area contributed by atoms with Crippen molar-refractivity contribution in [1.29, 1.82) is 0 Å². The second-order valence-corrected chi connectivity index (χ2v) is 12.2. The summed E-state index contributed by atoms with van der Waals surface area (Å²) in [6.45, 7) is 1.85. The molecular formula is C33H42N4O7. The minimum atomic E-state index is -0.826. The van der Waals surface area contributed by atoms with Crippen LogP contribution >= 0.6 is 0 Å². The molecule has 1 aromatic carbocycles. The van der Waals surface area contributed by atoms with Gasteiger partial charge in [-0.25, -0.2) is 14.6 Å². The van der Waals surface area contributed by atoms with Crippen molar-refractivity contribution >= 4 is 34.9 Å². The Labute approximate surface area is 257 Å². The zero-order chi connectivity index (χ0) is 30.6. The molecule has 11 heteroatoms. The van der Waals surface area contributed by atoms with Crippen LogP contribution in [0.3, 0.4) is 0 Å². The minimum Gasteiger partial charge on any atom is -0.497 e. The Hall–Kier alpha value is -3.86. The smallest absolute Gasteiger partial charge is 0.328 e. The van der Waals surface area contributed by atoms with Crippen molar-refractivity contribution in [3.63, 3.8) is 0 Å². The SMILES string of the molecule is COC(=O)[C@@H]1C[C@@H]2CN1C(=O)[C@H](C1CCCC1)NC(=O)N1CC[C@@H](C1)OCCC/C=C/c1cc3ccc(OC)cc3nc1O2. The summed E-state index contributed by atoms with van der Waals surface area (Å²) in [6.07, 6.45) is 9.92. The fourth-order valence-corrected chi connectivity index (χ4v) is 6.92. The molecule has 236 valence electrons. The molecule has 2 saturated heterocycles. The van der Waals surface area contributed by atoms with E-state index >= 15 is 0 Å². The Balaban J connectivity index is 1.35. The first-order chi connectivity index (χ1) is 21.4. The zero-order valence-electron chi connectivity index (χ0n) is 25.5. The molecule has 44 heavy (non-hydrogen) atoms. The van der Waals surface area contributed by atoms with Crippen molar-refractivity contribution in [2.45, 2.75) is 75.7 Å². The Morgan fingerprint density at radius 2 is 1.89 bits per heavy atom. The maximum absolute atomic E-state index is 14.3. The first-order valence-electron chi connectivity index (χ1n) is 15.8. The van der Waals surface area contributed by atoms with Crippen molar-refractivity contribution in [2.24, 2.45) is 5.92 Å². The van der Waals surface area contributed by atoms with Crippen molar-refractivity contribution in [2.75, 3.05) is 40.5 Å². The molecule has 6 rings (SSSR count). The first-order valence-corrected chi connectivity index (χ1v) is 15.8. The molecule has 4 atom stereocenters. The van der Waals surface area contributed by atoms with Crippen molar-refractivity contribution in [3.8, 4) is 11.6 Å². The summed E-state index contributed by atoms with van der Waals surface area (Å²) in [6, 6.07) is 5.92. The van der Waals surface area contributed by atoms with Crippen LogP contribution in [0.2, 0.25) is 0 Å². The maximum atomic E-state index is 14.3. The number of urea groups is 1. The number of rotatable bonds is 3. The van der Waals surface area contributed by atoms with Gasteiger partial charge in [-0.1, -0.05) is 25.0 Å². The topological polar surface area (TPSA) is 120 Å². The van der Waals surface area contributed by atoms with Crippen LogP contribution in [0.1, 0.15) is 56.9 Å². The van der Waals surface area contributed by atoms with Crippen LogP contribution < -0.4 is 14.8 Å². The van der Waals surface area contributed by atoms with E-state index < -0.39 is 24.2 Å². The quantitative estimate of drug-likeness (QED) is 0.522. The predicted octanol–water partition coefficient (Wildman–Crippen LogP) is 3.93. The van der Waals surface area contributed by atoms with Gasteiger partial charge in [0.15, 0.2) is 0 Å². The van der Waals surface area contributed by atoms with Crippen LogP contribution in [0.4, 0.5) is 4.79 Å². The molecule has 0 radical (unpaired) electrons. The van der Waals surface area contributed by atoms with Crippen LogP contribution in [0.25, 0.3) is 17.0 Å². The fraction of sp³-hybridized carbons (Fsp3) is 0.576. The van der Waals surface area contributed by atoms with Crippen molar-refractivity contribution in [3.05, 3.63) is 35.9 Å². The van der Waals surface area contributed by atoms with Gasteiger partial charge in [0, 0.05) is 43.1 Å². The van der Waals surface area contributed by atoms with Gasteiger partial charge in [-0.3, -0.25) is 4.79 Å². The van der Waals surface area contributed by atoms with Gasteiger partial charge < -0.3 is 34.1 Å². The van der Waals surface area contributed by atoms with Gasteiger partial charge in [0.2, 0.25) is 11.8 Å². The summed E-state index contributed by atoms with van der Waals surface area (Å²) in [7, 11) is 2.94. The number of hydrogen-bond donors (Lipinski definition) is 1. The van der Waals surface area contributed by atoms with E-state index in [2.05, 4.69) is 11.4 Å². The lowest BCUT2D eigenvalue weighted by Gasteiger charge is -2.32. The van der Waals surface area contributed by atoms with Crippen LogP contribution in [-0.2, 0) is 19.1 Å². The lowest BCUT2D eigenvalue weighted by atomic mass is 9.96. The second kappa shape index (κ2) is 13.4. The number of fused-ring (bicyclic) bond motifs is 6. The Bertz CT molecular complexity index is 1410. The van der Waals surface area contributed by atoms with Gasteiger partial charge in [0.05, 0.1) is 32.4 Å². The lowest BCUT2D eigenvalue weighted by molar-refractivity contribution is -0.152. The number of methoxy groups -OCH3 is 2. The van der Waals surface area contributed by atoms with Crippen molar-refractivity contribution < 1.29 is 33.3 Å². The van der Waals surface area contributed by atoms with Crippen molar-refractivity contribution in [1.82, 2.24) is 20.1 Å². The average Bonchev–Trinajstić information content (AvgIpc) is 3.82. The number of amides is 3. The molecule has 3 fully saturated rings. The minimum absolute atomic E-state index is 0.00217. The molecule has 11 nitrogen and oxygen atoms in total. The number of pyridine rings is 1. The van der Waals surface area contributed by atoms with Gasteiger partial charge in [0.25, 0.3) is 0 Å². The van der Waals surface area contributed by atoms with Crippen LogP contribution in [0.15, 0.2) is 30.3 Å². The molecule has 3 aliphatic heterocycles. The molecule has 2 aromatic rings. The largest absolute Gasteiger partial charge is 0.497 e. The summed E-state index contributed by atoms with van der Waals surface area (Å²) in [5.74, 6) is 0.337. The van der Waals surface area contributed by atoms with E-state index in [9.17, 15) is 14.4 Å². The summed E-state index contributed by atoms with van der Waals surface area (Å²) < 4.78 is 23.2. The lowest BCUT2D eigenvalue weighted by Crippen LogP contribution is -2.56. The molecular weight excluding hydrogens is 564 g/mol. The molecule has 1 saturated carbocycles. The average molecular weight is 607 g/mol.